The number of H-pyrrole nitrogens is 1. The van der Waals surface area contributed by atoms with Gasteiger partial charge in [-0.1, -0.05) is 30.3 Å². The summed E-state index contributed by atoms with van der Waals surface area (Å²) in [7, 11) is 0. The van der Waals surface area contributed by atoms with Gasteiger partial charge in [-0.15, -0.1) is 11.3 Å². The van der Waals surface area contributed by atoms with Crippen LogP contribution in [0.15, 0.2) is 54.0 Å². The third kappa shape index (κ3) is 2.98. The Morgan fingerprint density at radius 2 is 2.05 bits per heavy atom. The Hall–Kier alpha value is -1.91. The molecule has 102 valence electrons. The summed E-state index contributed by atoms with van der Waals surface area (Å²) < 4.78 is 0. The van der Waals surface area contributed by atoms with Crippen molar-refractivity contribution in [2.75, 3.05) is 0 Å². The highest BCUT2D eigenvalue weighted by atomic mass is 32.1. The molecule has 1 atom stereocenters. The molecule has 0 fully saturated rings. The summed E-state index contributed by atoms with van der Waals surface area (Å²) in [5, 5.41) is 12.6. The van der Waals surface area contributed by atoms with Crippen molar-refractivity contribution in [3.63, 3.8) is 0 Å². The second-order valence-electron chi connectivity index (χ2n) is 4.79. The number of aromatic nitrogens is 2. The van der Waals surface area contributed by atoms with Crippen molar-refractivity contribution in [2.24, 2.45) is 0 Å². The highest BCUT2D eigenvalue weighted by molar-refractivity contribution is 7.10. The van der Waals surface area contributed by atoms with Crippen LogP contribution in [0.25, 0.3) is 11.3 Å². The van der Waals surface area contributed by atoms with Gasteiger partial charge in [-0.05, 0) is 35.6 Å². The van der Waals surface area contributed by atoms with Gasteiger partial charge in [-0.3, -0.25) is 5.10 Å². The van der Waals surface area contributed by atoms with Gasteiger partial charge in [-0.25, -0.2) is 0 Å². The molecule has 0 amide bonds. The van der Waals surface area contributed by atoms with Crippen molar-refractivity contribution < 1.29 is 0 Å². The van der Waals surface area contributed by atoms with Crippen LogP contribution in [0, 0.1) is 0 Å². The van der Waals surface area contributed by atoms with Crippen LogP contribution in [0.3, 0.4) is 0 Å². The van der Waals surface area contributed by atoms with Gasteiger partial charge >= 0.3 is 0 Å². The lowest BCUT2D eigenvalue weighted by Gasteiger charge is -2.12. The third-order valence-corrected chi connectivity index (χ3v) is 4.40. The largest absolute Gasteiger partial charge is 0.305 e. The maximum absolute atomic E-state index is 3.97. The number of hydrogen-bond acceptors (Lipinski definition) is 3. The summed E-state index contributed by atoms with van der Waals surface area (Å²) in [4.78, 5) is 1.37. The summed E-state index contributed by atoms with van der Waals surface area (Å²) in [6.45, 7) is 3.08. The first-order valence-corrected chi connectivity index (χ1v) is 7.56. The zero-order chi connectivity index (χ0) is 13.8. The van der Waals surface area contributed by atoms with Gasteiger partial charge in [-0.2, -0.15) is 5.10 Å². The van der Waals surface area contributed by atoms with Crippen LogP contribution in [0.4, 0.5) is 0 Å². The molecule has 0 spiro atoms. The van der Waals surface area contributed by atoms with Crippen LogP contribution < -0.4 is 5.32 Å². The van der Waals surface area contributed by atoms with E-state index in [0.29, 0.717) is 6.04 Å². The predicted octanol–water partition coefficient (Wildman–Crippen LogP) is 3.99. The predicted molar refractivity (Wildman–Crippen MR) is 83.6 cm³/mol. The summed E-state index contributed by atoms with van der Waals surface area (Å²) in [5.41, 5.74) is 3.51. The number of thiophene rings is 1. The molecular weight excluding hydrogens is 266 g/mol. The van der Waals surface area contributed by atoms with Crippen molar-refractivity contribution in [3.8, 4) is 11.3 Å². The van der Waals surface area contributed by atoms with Crippen molar-refractivity contribution in [3.05, 3.63) is 64.5 Å². The molecule has 3 nitrogen and oxygen atoms in total. The lowest BCUT2D eigenvalue weighted by atomic mass is 10.1. The van der Waals surface area contributed by atoms with E-state index in [1.54, 1.807) is 17.5 Å². The third-order valence-electron chi connectivity index (χ3n) is 3.35. The highest BCUT2D eigenvalue weighted by Gasteiger charge is 2.05. The number of hydrogen-bond donors (Lipinski definition) is 2. The summed E-state index contributed by atoms with van der Waals surface area (Å²) in [6, 6.07) is 15.2. The smallest absolute Gasteiger partial charge is 0.0650 e. The van der Waals surface area contributed by atoms with Crippen LogP contribution in [-0.4, -0.2) is 10.2 Å². The number of nitrogens with one attached hydrogen (secondary N) is 2. The van der Waals surface area contributed by atoms with Gasteiger partial charge in [0.1, 0.15) is 0 Å². The molecule has 0 radical (unpaired) electrons. The Balaban J connectivity index is 1.61. The van der Waals surface area contributed by atoms with Crippen LogP contribution in [0.2, 0.25) is 0 Å². The van der Waals surface area contributed by atoms with E-state index in [1.807, 2.05) is 6.07 Å². The van der Waals surface area contributed by atoms with Crippen LogP contribution in [0.1, 0.15) is 23.4 Å². The second-order valence-corrected chi connectivity index (χ2v) is 5.76. The molecule has 3 aromatic rings. The highest BCUT2D eigenvalue weighted by Crippen LogP contribution is 2.20. The number of nitrogens with zero attached hydrogens (tertiary/aromatic N) is 1. The molecule has 1 aromatic carbocycles. The minimum Gasteiger partial charge on any atom is -0.305 e. The molecule has 20 heavy (non-hydrogen) atoms. The first-order valence-electron chi connectivity index (χ1n) is 6.68. The lowest BCUT2D eigenvalue weighted by Crippen LogP contribution is -2.16. The van der Waals surface area contributed by atoms with E-state index in [4.69, 9.17) is 0 Å². The van der Waals surface area contributed by atoms with Gasteiger partial charge in [0.15, 0.2) is 0 Å². The molecule has 0 bridgehead atoms. The Morgan fingerprint density at radius 1 is 1.20 bits per heavy atom. The SMILES string of the molecule is CC(NCc1ccc(-c2ccn[nH]2)cc1)c1cccs1. The first-order chi connectivity index (χ1) is 9.83. The van der Waals surface area contributed by atoms with E-state index < -0.39 is 0 Å². The maximum atomic E-state index is 3.97. The van der Waals surface area contributed by atoms with E-state index >= 15 is 0 Å². The van der Waals surface area contributed by atoms with Crippen LogP contribution in [-0.2, 0) is 6.54 Å². The fraction of sp³-hybridized carbons (Fsp3) is 0.188. The van der Waals surface area contributed by atoms with Gasteiger partial charge in [0.25, 0.3) is 0 Å². The molecule has 2 heterocycles. The average molecular weight is 283 g/mol. The fourth-order valence-corrected chi connectivity index (χ4v) is 2.89. The zero-order valence-electron chi connectivity index (χ0n) is 11.3. The van der Waals surface area contributed by atoms with Gasteiger partial charge in [0.05, 0.1) is 5.69 Å². The normalized spacial score (nSPS) is 12.4. The fourth-order valence-electron chi connectivity index (χ4n) is 2.13. The van der Waals surface area contributed by atoms with Crippen LogP contribution >= 0.6 is 11.3 Å². The monoisotopic (exact) mass is 283 g/mol. The molecule has 2 N–H and O–H groups in total. The van der Waals surface area contributed by atoms with Crippen molar-refractivity contribution in [2.45, 2.75) is 19.5 Å². The number of aromatic amines is 1. The molecule has 0 saturated carbocycles. The van der Waals surface area contributed by atoms with Crippen molar-refractivity contribution in [1.82, 2.24) is 15.5 Å². The quantitative estimate of drug-likeness (QED) is 0.743. The van der Waals surface area contributed by atoms with Gasteiger partial charge in [0, 0.05) is 23.7 Å². The average Bonchev–Trinajstić information content (AvgIpc) is 3.18. The van der Waals surface area contributed by atoms with Gasteiger partial charge in [0.2, 0.25) is 0 Å². The summed E-state index contributed by atoms with van der Waals surface area (Å²) in [6.07, 6.45) is 1.77. The van der Waals surface area contributed by atoms with E-state index in [0.717, 1.165) is 17.8 Å². The molecule has 0 aliphatic rings. The minimum absolute atomic E-state index is 0.391. The van der Waals surface area contributed by atoms with E-state index in [-0.39, 0.29) is 0 Å². The van der Waals surface area contributed by atoms with Crippen molar-refractivity contribution in [1.29, 1.82) is 0 Å². The molecule has 3 rings (SSSR count). The lowest BCUT2D eigenvalue weighted by molar-refractivity contribution is 0.583. The van der Waals surface area contributed by atoms with Crippen LogP contribution in [0.5, 0.6) is 0 Å². The summed E-state index contributed by atoms with van der Waals surface area (Å²) >= 11 is 1.79. The Kier molecular flexibility index (Phi) is 3.95. The van der Waals surface area contributed by atoms with E-state index in [1.165, 1.54) is 10.4 Å². The minimum atomic E-state index is 0.391. The molecule has 4 heteroatoms. The molecule has 1 unspecified atom stereocenters. The maximum Gasteiger partial charge on any atom is 0.0650 e. The standard InChI is InChI=1S/C16H17N3S/c1-12(16-3-2-10-20-16)17-11-13-4-6-14(7-5-13)15-8-9-18-19-15/h2-10,12,17H,11H2,1H3,(H,18,19). The Bertz CT molecular complexity index is 627. The Morgan fingerprint density at radius 3 is 2.70 bits per heavy atom. The number of benzene rings is 1. The molecule has 0 aliphatic carbocycles. The zero-order valence-corrected chi connectivity index (χ0v) is 12.2. The topological polar surface area (TPSA) is 40.7 Å². The van der Waals surface area contributed by atoms with Crippen molar-refractivity contribution >= 4 is 11.3 Å². The Labute approximate surface area is 122 Å². The van der Waals surface area contributed by atoms with E-state index in [9.17, 15) is 0 Å². The second kappa shape index (κ2) is 6.03. The molecular formula is C16H17N3S. The van der Waals surface area contributed by atoms with Gasteiger partial charge < -0.3 is 5.32 Å². The molecule has 2 aromatic heterocycles. The number of rotatable bonds is 5. The molecule has 0 saturated heterocycles. The molecule has 0 aliphatic heterocycles. The first kappa shape index (κ1) is 13.1. The van der Waals surface area contributed by atoms with E-state index in [2.05, 4.69) is 64.2 Å². The summed E-state index contributed by atoms with van der Waals surface area (Å²) in [5.74, 6) is 0.